The lowest BCUT2D eigenvalue weighted by Gasteiger charge is -2.15. The molecule has 1 rings (SSSR count). The van der Waals surface area contributed by atoms with E-state index in [0.717, 1.165) is 5.56 Å². The van der Waals surface area contributed by atoms with Gasteiger partial charge >= 0.3 is 18.3 Å². The van der Waals surface area contributed by atoms with E-state index in [0.29, 0.717) is 5.56 Å². The van der Waals surface area contributed by atoms with Gasteiger partial charge in [-0.25, -0.2) is 13.6 Å². The molecule has 0 atom stereocenters. The van der Waals surface area contributed by atoms with E-state index in [-0.39, 0.29) is 5.57 Å². The van der Waals surface area contributed by atoms with E-state index in [2.05, 4.69) is 11.3 Å². The SMILES string of the molecule is C=Cc1ccccc1/C=C(\C)C(=O)OCC(F)(F)C(F)F. The highest BCUT2D eigenvalue weighted by atomic mass is 19.3. The minimum absolute atomic E-state index is 0.0226. The molecule has 2 nitrogen and oxygen atoms in total. The summed E-state index contributed by atoms with van der Waals surface area (Å²) in [6.07, 6.45) is -0.897. The predicted molar refractivity (Wildman–Crippen MR) is 72.1 cm³/mol. The monoisotopic (exact) mass is 302 g/mol. The van der Waals surface area contributed by atoms with Crippen LogP contribution in [-0.2, 0) is 9.53 Å². The summed E-state index contributed by atoms with van der Waals surface area (Å²) < 4.78 is 53.4. The van der Waals surface area contributed by atoms with Crippen molar-refractivity contribution in [3.8, 4) is 0 Å². The van der Waals surface area contributed by atoms with Crippen LogP contribution in [0.2, 0.25) is 0 Å². The van der Waals surface area contributed by atoms with Gasteiger partial charge in [-0.3, -0.25) is 0 Å². The third-order valence-electron chi connectivity index (χ3n) is 2.62. The van der Waals surface area contributed by atoms with Gasteiger partial charge in [0.05, 0.1) is 0 Å². The molecule has 0 aliphatic heterocycles. The van der Waals surface area contributed by atoms with Crippen LogP contribution in [0.15, 0.2) is 36.4 Å². The standard InChI is InChI=1S/C15H14F4O2/c1-3-11-6-4-5-7-12(11)8-10(2)13(20)21-9-15(18,19)14(16)17/h3-8,14H,1,9H2,2H3/b10-8+. The topological polar surface area (TPSA) is 26.3 Å². The van der Waals surface area contributed by atoms with E-state index >= 15 is 0 Å². The zero-order valence-corrected chi connectivity index (χ0v) is 11.3. The molecule has 0 bridgehead atoms. The average Bonchev–Trinajstić information content (AvgIpc) is 2.45. The quantitative estimate of drug-likeness (QED) is 0.448. The fourth-order valence-electron chi connectivity index (χ4n) is 1.46. The molecular weight excluding hydrogens is 288 g/mol. The molecule has 0 heterocycles. The van der Waals surface area contributed by atoms with Gasteiger partial charge in [0.2, 0.25) is 0 Å². The van der Waals surface area contributed by atoms with Crippen molar-refractivity contribution in [3.63, 3.8) is 0 Å². The van der Waals surface area contributed by atoms with Crippen LogP contribution < -0.4 is 0 Å². The third-order valence-corrected chi connectivity index (χ3v) is 2.62. The van der Waals surface area contributed by atoms with Crippen molar-refractivity contribution < 1.29 is 27.1 Å². The Morgan fingerprint density at radius 1 is 1.33 bits per heavy atom. The Bertz CT molecular complexity index is 550. The molecule has 0 unspecified atom stereocenters. The molecule has 6 heteroatoms. The summed E-state index contributed by atoms with van der Waals surface area (Å²) in [6.45, 7) is 3.30. The van der Waals surface area contributed by atoms with E-state index in [1.807, 2.05) is 0 Å². The van der Waals surface area contributed by atoms with Crippen LogP contribution in [0.1, 0.15) is 18.1 Å². The van der Waals surface area contributed by atoms with Crippen molar-refractivity contribution in [1.29, 1.82) is 0 Å². The highest BCUT2D eigenvalue weighted by molar-refractivity contribution is 5.93. The third kappa shape index (κ3) is 4.73. The van der Waals surface area contributed by atoms with Gasteiger partial charge in [0.15, 0.2) is 6.61 Å². The normalized spacial score (nSPS) is 12.4. The van der Waals surface area contributed by atoms with E-state index in [4.69, 9.17) is 0 Å². The minimum Gasteiger partial charge on any atom is -0.456 e. The number of hydrogen-bond donors (Lipinski definition) is 0. The molecule has 0 amide bonds. The fraction of sp³-hybridized carbons (Fsp3) is 0.267. The molecular formula is C15H14F4O2. The smallest absolute Gasteiger partial charge is 0.340 e. The second-order valence-electron chi connectivity index (χ2n) is 4.30. The molecule has 0 aliphatic carbocycles. The molecule has 0 spiro atoms. The van der Waals surface area contributed by atoms with Crippen molar-refractivity contribution in [2.45, 2.75) is 19.3 Å². The Hall–Kier alpha value is -2.11. The molecule has 0 aromatic heterocycles. The Labute approximate surface area is 119 Å². The maximum absolute atomic E-state index is 12.7. The highest BCUT2D eigenvalue weighted by Gasteiger charge is 2.42. The first-order chi connectivity index (χ1) is 9.77. The van der Waals surface area contributed by atoms with Crippen LogP contribution in [0, 0.1) is 0 Å². The molecule has 0 radical (unpaired) electrons. The summed E-state index contributed by atoms with van der Waals surface area (Å²) in [6, 6.07) is 6.94. The van der Waals surface area contributed by atoms with Crippen molar-refractivity contribution in [2.24, 2.45) is 0 Å². The van der Waals surface area contributed by atoms with E-state index in [1.165, 1.54) is 13.0 Å². The Balaban J connectivity index is 2.79. The second kappa shape index (κ2) is 7.06. The summed E-state index contributed by atoms with van der Waals surface area (Å²) in [7, 11) is 0. The molecule has 0 aliphatic rings. The summed E-state index contributed by atoms with van der Waals surface area (Å²) in [5.74, 6) is -5.43. The number of carbonyl (C=O) groups is 1. The van der Waals surface area contributed by atoms with Crippen LogP contribution >= 0.6 is 0 Å². The number of carbonyl (C=O) groups excluding carboxylic acids is 1. The number of ether oxygens (including phenoxy) is 1. The number of alkyl halides is 4. The number of benzene rings is 1. The lowest BCUT2D eigenvalue weighted by atomic mass is 10.1. The molecule has 21 heavy (non-hydrogen) atoms. The van der Waals surface area contributed by atoms with E-state index in [9.17, 15) is 22.4 Å². The summed E-state index contributed by atoms with van der Waals surface area (Å²) >= 11 is 0. The molecule has 0 fully saturated rings. The first-order valence-electron chi connectivity index (χ1n) is 6.01. The first kappa shape index (κ1) is 16.9. The Morgan fingerprint density at radius 3 is 2.43 bits per heavy atom. The first-order valence-corrected chi connectivity index (χ1v) is 6.01. The molecule has 1 aromatic carbocycles. The van der Waals surface area contributed by atoms with Gasteiger partial charge in [-0.05, 0) is 24.1 Å². The van der Waals surface area contributed by atoms with Crippen LogP contribution in [0.5, 0.6) is 0 Å². The maximum Gasteiger partial charge on any atom is 0.340 e. The molecule has 114 valence electrons. The fourth-order valence-corrected chi connectivity index (χ4v) is 1.46. The second-order valence-corrected chi connectivity index (χ2v) is 4.30. The van der Waals surface area contributed by atoms with Crippen molar-refractivity contribution >= 4 is 18.1 Å². The number of rotatable bonds is 6. The van der Waals surface area contributed by atoms with E-state index in [1.54, 1.807) is 30.3 Å². The van der Waals surface area contributed by atoms with Crippen molar-refractivity contribution in [2.75, 3.05) is 6.61 Å². The maximum atomic E-state index is 12.7. The van der Waals surface area contributed by atoms with Gasteiger partial charge in [-0.15, -0.1) is 0 Å². The van der Waals surface area contributed by atoms with Crippen molar-refractivity contribution in [1.82, 2.24) is 0 Å². The van der Waals surface area contributed by atoms with Crippen LogP contribution in [-0.4, -0.2) is 24.9 Å². The van der Waals surface area contributed by atoms with Crippen molar-refractivity contribution in [3.05, 3.63) is 47.5 Å². The van der Waals surface area contributed by atoms with Gasteiger partial charge in [0, 0.05) is 5.57 Å². The van der Waals surface area contributed by atoms with Gasteiger partial charge in [-0.1, -0.05) is 36.9 Å². The van der Waals surface area contributed by atoms with E-state index < -0.39 is 24.9 Å². The van der Waals surface area contributed by atoms with Gasteiger partial charge < -0.3 is 4.74 Å². The molecule has 0 saturated carbocycles. The highest BCUT2D eigenvalue weighted by Crippen LogP contribution is 2.23. The summed E-state index contributed by atoms with van der Waals surface area (Å²) in [5, 5.41) is 0. The van der Waals surface area contributed by atoms with Crippen LogP contribution in [0.25, 0.3) is 12.2 Å². The lowest BCUT2D eigenvalue weighted by Crippen LogP contribution is -2.33. The number of hydrogen-bond acceptors (Lipinski definition) is 2. The summed E-state index contributed by atoms with van der Waals surface area (Å²) in [4.78, 5) is 11.5. The Morgan fingerprint density at radius 2 is 1.90 bits per heavy atom. The lowest BCUT2D eigenvalue weighted by molar-refractivity contribution is -0.176. The minimum atomic E-state index is -4.35. The van der Waals surface area contributed by atoms with Crippen LogP contribution in [0.3, 0.4) is 0 Å². The van der Waals surface area contributed by atoms with Gasteiger partial charge in [0.1, 0.15) is 0 Å². The zero-order chi connectivity index (χ0) is 16.0. The van der Waals surface area contributed by atoms with Gasteiger partial charge in [-0.2, -0.15) is 8.78 Å². The Kier molecular flexibility index (Phi) is 5.69. The largest absolute Gasteiger partial charge is 0.456 e. The van der Waals surface area contributed by atoms with Crippen LogP contribution in [0.4, 0.5) is 17.6 Å². The number of halogens is 4. The number of esters is 1. The zero-order valence-electron chi connectivity index (χ0n) is 11.3. The average molecular weight is 302 g/mol. The predicted octanol–water partition coefficient (Wildman–Crippen LogP) is 4.18. The molecule has 0 N–H and O–H groups in total. The molecule has 1 aromatic rings. The van der Waals surface area contributed by atoms with Gasteiger partial charge in [0.25, 0.3) is 0 Å². The summed E-state index contributed by atoms with van der Waals surface area (Å²) in [5.41, 5.74) is 1.40. The molecule has 0 saturated heterocycles.